The number of nitrogens with zero attached hydrogens (tertiary/aromatic N) is 6. The van der Waals surface area contributed by atoms with Crippen LogP contribution < -0.4 is 17.0 Å². The number of hydrogen-bond donors (Lipinski definition) is 6. The van der Waals surface area contributed by atoms with Gasteiger partial charge in [0.05, 0.1) is 24.4 Å². The number of rotatable bonds is 7. The van der Waals surface area contributed by atoms with Crippen LogP contribution in [0.5, 0.6) is 0 Å². The van der Waals surface area contributed by atoms with E-state index in [-0.39, 0.29) is 34.1 Å². The van der Waals surface area contributed by atoms with Crippen LogP contribution in [-0.4, -0.2) is 91.6 Å². The molecule has 218 valence electrons. The molecule has 0 amide bonds. The van der Waals surface area contributed by atoms with Crippen molar-refractivity contribution in [3.05, 3.63) is 35.3 Å². The molecule has 10 atom stereocenters. The standard InChI is InChI=1S/C21H23FN9O7PS2/c22-9-11(32)7(37-19(9)30-2-1-6-15(23)25-4-26-16(6)30)3-36-39(35,40)38-13-8-12(33)14(8)41-20(13)31-5-27-10-17(31)28-21(24)29-18(10)34/h1-2,4-5,7-9,11-14,19-20,32-33H,3H2,(H,35,40)(H2,23,25,26)(H3,24,28,29,34)/t7-,8?,9+,11-,12?,13-,14+,19-,20-,39?/m1/s1. The highest BCUT2D eigenvalue weighted by Gasteiger charge is 2.65. The lowest BCUT2D eigenvalue weighted by atomic mass is 10.1. The molecule has 16 nitrogen and oxygen atoms in total. The van der Waals surface area contributed by atoms with Crippen molar-refractivity contribution >= 4 is 64.3 Å². The predicted octanol–water partition coefficient (Wildman–Crippen LogP) is -0.451. The van der Waals surface area contributed by atoms with Gasteiger partial charge in [0.25, 0.3) is 5.56 Å². The zero-order valence-corrected chi connectivity index (χ0v) is 23.2. The SMILES string of the molecule is Nc1nc2c(ncn2[C@@H]2S[C@@H]3C(O)C3[C@H]2OP(O)(=S)OC[C@H]2O[C@@H](n3ccc4c(N)ncnc43)[C@@H](F)[C@@H]2O)c(=O)[nH]1. The van der Waals surface area contributed by atoms with Gasteiger partial charge >= 0.3 is 6.72 Å². The van der Waals surface area contributed by atoms with E-state index in [1.165, 1.54) is 35.2 Å². The highest BCUT2D eigenvalue weighted by atomic mass is 32.5. The molecular weight excluding hydrogens is 604 g/mol. The summed E-state index contributed by atoms with van der Waals surface area (Å²) in [4.78, 5) is 41.9. The normalized spacial score (nSPS) is 34.3. The van der Waals surface area contributed by atoms with E-state index in [9.17, 15) is 19.9 Å². The number of nitrogens with two attached hydrogens (primary N) is 2. The zero-order chi connectivity index (χ0) is 28.8. The van der Waals surface area contributed by atoms with Crippen molar-refractivity contribution in [1.82, 2.24) is 34.1 Å². The number of aromatic amines is 1. The van der Waals surface area contributed by atoms with Crippen molar-refractivity contribution in [3.63, 3.8) is 0 Å². The molecule has 0 spiro atoms. The number of thioether (sulfide) groups is 1. The number of nitrogen functional groups attached to an aromatic ring is 2. The molecule has 0 radical (unpaired) electrons. The Labute approximate surface area is 238 Å². The minimum Gasteiger partial charge on any atom is -0.392 e. The summed E-state index contributed by atoms with van der Waals surface area (Å²) < 4.78 is 35.2. The molecule has 0 aromatic carbocycles. The summed E-state index contributed by atoms with van der Waals surface area (Å²) in [6, 6.07) is 1.61. The minimum atomic E-state index is -4.02. The van der Waals surface area contributed by atoms with Crippen LogP contribution in [0.25, 0.3) is 22.2 Å². The molecule has 7 rings (SSSR count). The zero-order valence-electron chi connectivity index (χ0n) is 20.7. The number of alkyl halides is 1. The molecule has 6 heterocycles. The van der Waals surface area contributed by atoms with Crippen LogP contribution in [0, 0.1) is 5.92 Å². The topological polar surface area (TPSA) is 235 Å². The third-order valence-electron chi connectivity index (χ3n) is 7.42. The van der Waals surface area contributed by atoms with Crippen molar-refractivity contribution in [1.29, 1.82) is 0 Å². The number of aliphatic hydroxyl groups excluding tert-OH is 2. The Hall–Kier alpha value is -2.74. The number of H-pyrrole nitrogens is 1. The number of ether oxygens (including phenoxy) is 1. The molecule has 3 fully saturated rings. The van der Waals surface area contributed by atoms with Crippen molar-refractivity contribution in [2.45, 2.75) is 47.4 Å². The molecule has 1 aliphatic carbocycles. The summed E-state index contributed by atoms with van der Waals surface area (Å²) in [6.45, 7) is -4.50. The molecule has 2 saturated heterocycles. The molecule has 3 aliphatic rings. The highest BCUT2D eigenvalue weighted by Crippen LogP contribution is 2.64. The van der Waals surface area contributed by atoms with Gasteiger partial charge in [-0.1, -0.05) is 0 Å². The first-order valence-corrected chi connectivity index (χ1v) is 15.8. The number of imidazole rings is 1. The summed E-state index contributed by atoms with van der Waals surface area (Å²) >= 11 is 6.60. The summed E-state index contributed by atoms with van der Waals surface area (Å²) in [5, 5.41) is 20.6. The van der Waals surface area contributed by atoms with E-state index in [0.29, 0.717) is 11.0 Å². The van der Waals surface area contributed by atoms with Gasteiger partial charge in [0.2, 0.25) is 5.95 Å². The van der Waals surface area contributed by atoms with Gasteiger partial charge < -0.3 is 44.9 Å². The van der Waals surface area contributed by atoms with Crippen LogP contribution in [0.15, 0.2) is 29.7 Å². The Morgan fingerprint density at radius 3 is 2.83 bits per heavy atom. The van der Waals surface area contributed by atoms with E-state index in [0.717, 1.165) is 0 Å². The van der Waals surface area contributed by atoms with Gasteiger partial charge in [0, 0.05) is 17.4 Å². The maximum absolute atomic E-state index is 15.1. The monoisotopic (exact) mass is 627 g/mol. The molecule has 4 aromatic rings. The van der Waals surface area contributed by atoms with Gasteiger partial charge in [-0.25, -0.2) is 19.3 Å². The molecule has 3 unspecified atom stereocenters. The second-order valence-corrected chi connectivity index (χ2v) is 14.0. The van der Waals surface area contributed by atoms with Crippen LogP contribution in [0.2, 0.25) is 0 Å². The molecule has 8 N–H and O–H groups in total. The second kappa shape index (κ2) is 9.65. The van der Waals surface area contributed by atoms with Crippen LogP contribution in [-0.2, 0) is 25.6 Å². The molecule has 0 bridgehead atoms. The minimum absolute atomic E-state index is 0.0617. The van der Waals surface area contributed by atoms with Gasteiger partial charge in [-0.05, 0) is 17.9 Å². The number of halogens is 1. The first kappa shape index (κ1) is 27.1. The predicted molar refractivity (Wildman–Crippen MR) is 147 cm³/mol. The number of aliphatic hydroxyl groups is 2. The van der Waals surface area contributed by atoms with E-state index < -0.39 is 61.1 Å². The number of hydrogen-bond acceptors (Lipinski definition) is 14. The Morgan fingerprint density at radius 1 is 1.22 bits per heavy atom. The number of nitrogens with one attached hydrogen (secondary N) is 1. The Balaban J connectivity index is 1.07. The first-order chi connectivity index (χ1) is 19.5. The summed E-state index contributed by atoms with van der Waals surface area (Å²) in [6.07, 6.45) is -3.31. The fraction of sp³-hybridized carbons (Fsp3) is 0.476. The van der Waals surface area contributed by atoms with Gasteiger partial charge in [-0.2, -0.15) is 4.98 Å². The summed E-state index contributed by atoms with van der Waals surface area (Å²) in [5.41, 5.74) is 11.6. The van der Waals surface area contributed by atoms with E-state index >= 15 is 4.39 Å². The van der Waals surface area contributed by atoms with Crippen molar-refractivity contribution in [2.75, 3.05) is 18.1 Å². The molecular formula is C21H23FN9O7PS2. The van der Waals surface area contributed by atoms with Crippen molar-refractivity contribution in [3.8, 4) is 0 Å². The number of anilines is 2. The van der Waals surface area contributed by atoms with Gasteiger partial charge in [-0.15, -0.1) is 11.8 Å². The third kappa shape index (κ3) is 4.43. The van der Waals surface area contributed by atoms with Gasteiger partial charge in [0.1, 0.15) is 41.5 Å². The van der Waals surface area contributed by atoms with Crippen molar-refractivity contribution in [2.24, 2.45) is 5.92 Å². The van der Waals surface area contributed by atoms with Gasteiger partial charge in [-0.3, -0.25) is 14.3 Å². The maximum atomic E-state index is 15.1. The van der Waals surface area contributed by atoms with Crippen LogP contribution >= 0.6 is 18.5 Å². The average molecular weight is 628 g/mol. The summed E-state index contributed by atoms with van der Waals surface area (Å²) in [5.74, 6) is -0.278. The average Bonchev–Trinajstić information content (AvgIpc) is 3.40. The van der Waals surface area contributed by atoms with Crippen molar-refractivity contribution < 1.29 is 33.3 Å². The summed E-state index contributed by atoms with van der Waals surface area (Å²) in [7, 11) is 0. The highest BCUT2D eigenvalue weighted by molar-refractivity contribution is 8.07. The largest absolute Gasteiger partial charge is 0.392 e. The molecule has 4 aromatic heterocycles. The van der Waals surface area contributed by atoms with Crippen LogP contribution in [0.4, 0.5) is 16.2 Å². The quantitative estimate of drug-likeness (QED) is 0.142. The van der Waals surface area contributed by atoms with Crippen LogP contribution in [0.1, 0.15) is 11.6 Å². The lowest BCUT2D eigenvalue weighted by Crippen LogP contribution is -2.32. The fourth-order valence-corrected chi connectivity index (χ4v) is 8.63. The lowest BCUT2D eigenvalue weighted by molar-refractivity contribution is -0.0452. The Kier molecular flexibility index (Phi) is 6.38. The number of aromatic nitrogens is 7. The molecule has 2 aliphatic heterocycles. The van der Waals surface area contributed by atoms with E-state index in [1.54, 1.807) is 10.6 Å². The van der Waals surface area contributed by atoms with Gasteiger partial charge in [0.15, 0.2) is 23.6 Å². The fourth-order valence-electron chi connectivity index (χ4n) is 5.36. The Bertz CT molecular complexity index is 1770. The first-order valence-electron chi connectivity index (χ1n) is 12.3. The Morgan fingerprint density at radius 2 is 2.02 bits per heavy atom. The molecule has 41 heavy (non-hydrogen) atoms. The van der Waals surface area contributed by atoms with E-state index in [1.807, 2.05) is 0 Å². The molecule has 1 saturated carbocycles. The van der Waals surface area contributed by atoms with E-state index in [4.69, 9.17) is 37.1 Å². The smallest absolute Gasteiger partial charge is 0.325 e. The van der Waals surface area contributed by atoms with E-state index in [2.05, 4.69) is 24.9 Å². The maximum Gasteiger partial charge on any atom is 0.325 e. The second-order valence-electron chi connectivity index (χ2n) is 9.89. The van der Waals surface area contributed by atoms with Crippen LogP contribution in [0.3, 0.4) is 0 Å². The third-order valence-corrected chi connectivity index (χ3v) is 10.7. The number of fused-ring (bicyclic) bond motifs is 3. The lowest BCUT2D eigenvalue weighted by Gasteiger charge is -2.28. The molecule has 20 heteroatoms.